The van der Waals surface area contributed by atoms with E-state index in [1.807, 2.05) is 6.08 Å². The van der Waals surface area contributed by atoms with Crippen LogP contribution in [0.15, 0.2) is 78.4 Å². The maximum Gasteiger partial charge on any atom is 0.338 e. The average molecular weight is 667 g/mol. The number of allylic oxidation sites excluding steroid dienone is 3. The molecule has 1 heterocycles. The third-order valence-corrected chi connectivity index (χ3v) is 10.9. The fraction of sp³-hybridized carbons (Fsp3) is 0.541. The van der Waals surface area contributed by atoms with Gasteiger partial charge in [0.25, 0.3) is 0 Å². The van der Waals surface area contributed by atoms with Crippen LogP contribution in [0.25, 0.3) is 0 Å². The molecule has 3 fully saturated rings. The lowest BCUT2D eigenvalue weighted by Gasteiger charge is -2.59. The molecule has 4 aliphatic rings. The summed E-state index contributed by atoms with van der Waals surface area (Å²) in [4.78, 5) is 40.5. The van der Waals surface area contributed by atoms with Gasteiger partial charge in [0.05, 0.1) is 23.7 Å². The van der Waals surface area contributed by atoms with Crippen molar-refractivity contribution in [2.75, 3.05) is 6.61 Å². The zero-order valence-electron chi connectivity index (χ0n) is 27.7. The van der Waals surface area contributed by atoms with E-state index >= 15 is 0 Å². The number of ether oxygens (including phenoxy) is 3. The van der Waals surface area contributed by atoms with E-state index in [-0.39, 0.29) is 16.7 Å². The van der Waals surface area contributed by atoms with Gasteiger partial charge in [0.15, 0.2) is 17.0 Å². The third-order valence-electron chi connectivity index (χ3n) is 10.9. The first-order valence-electron chi connectivity index (χ1n) is 16.5. The van der Waals surface area contributed by atoms with Gasteiger partial charge in [-0.15, -0.1) is 0 Å². The fourth-order valence-electron chi connectivity index (χ4n) is 8.16. The molecule has 0 unspecified atom stereocenters. The highest BCUT2D eigenvalue weighted by atomic mass is 16.6. The molecular weight excluding hydrogens is 620 g/mol. The molecule has 0 spiro atoms. The van der Waals surface area contributed by atoms with Crippen LogP contribution < -0.4 is 0 Å². The second-order valence-electron chi connectivity index (χ2n) is 13.7. The molecule has 1 saturated heterocycles. The highest BCUT2D eigenvalue weighted by Gasteiger charge is 2.85. The van der Waals surface area contributed by atoms with E-state index in [1.165, 1.54) is 45.1 Å². The number of epoxide rings is 1. The van der Waals surface area contributed by atoms with Crippen molar-refractivity contribution >= 4 is 17.7 Å². The van der Waals surface area contributed by atoms with Crippen molar-refractivity contribution in [1.29, 1.82) is 0 Å². The standard InChI is InChI=1S/C37H46O11/c1-6-7-8-9-10-11-15-18-26(39)46-31-27-30-34(20-38,48-30)33(42)37(45)25(19-22(4)28(37)40)36(27,44)23(5)29(35(31,43)21(2)3)47-32(41)24-16-13-12-14-17-24/h10-19,23,25,27,29-31,33,38,42-45H,2,6-9,20H2,1,3-5H3/b11-10+,18-15+/t23-,25+,27+,29-,30+,31-,33-,34+,35-,36-,37-/m0/s1. The lowest BCUT2D eigenvalue weighted by Crippen LogP contribution is -2.76. The number of ketones is 1. The Morgan fingerprint density at radius 2 is 1.75 bits per heavy atom. The number of aliphatic hydroxyl groups is 5. The van der Waals surface area contributed by atoms with Crippen molar-refractivity contribution in [3.05, 3.63) is 84.0 Å². The summed E-state index contributed by atoms with van der Waals surface area (Å²) in [6.07, 6.45) is 4.69. The summed E-state index contributed by atoms with van der Waals surface area (Å²) < 4.78 is 17.8. The van der Waals surface area contributed by atoms with Gasteiger partial charge in [0.2, 0.25) is 0 Å². The molecule has 1 aromatic carbocycles. The second kappa shape index (κ2) is 13.1. The minimum atomic E-state index is -2.68. The summed E-state index contributed by atoms with van der Waals surface area (Å²) in [5.41, 5.74) is -9.14. The Morgan fingerprint density at radius 3 is 2.38 bits per heavy atom. The summed E-state index contributed by atoms with van der Waals surface area (Å²) in [7, 11) is 0. The Morgan fingerprint density at radius 1 is 1.06 bits per heavy atom. The SMILES string of the molecule is C=C(C)[C@@]1(O)[C@@H](OC(=O)/C=C/C=C/CCCCC)[C@H]2[C@H]3O[C@@]3(CO)[C@H](O)[C@@]3(O)C(=O)C(C)=C[C@@H]3[C@@]2(O)[C@@H](C)[C@@H]1OC(=O)c1ccccc1. The molecule has 0 amide bonds. The van der Waals surface area contributed by atoms with Gasteiger partial charge >= 0.3 is 11.9 Å². The number of unbranched alkanes of at least 4 members (excludes halogenated alkanes) is 3. The number of hydrogen-bond donors (Lipinski definition) is 5. The lowest BCUT2D eigenvalue weighted by atomic mass is 9.53. The highest BCUT2D eigenvalue weighted by Crippen LogP contribution is 2.66. The molecule has 11 nitrogen and oxygen atoms in total. The molecule has 0 radical (unpaired) electrons. The first-order chi connectivity index (χ1) is 22.7. The minimum absolute atomic E-state index is 0.0180. The van der Waals surface area contributed by atoms with E-state index in [0.717, 1.165) is 31.8 Å². The van der Waals surface area contributed by atoms with Crippen LogP contribution in [-0.4, -0.2) is 96.7 Å². The number of esters is 2. The molecule has 48 heavy (non-hydrogen) atoms. The predicted octanol–water partition coefficient (Wildman–Crippen LogP) is 2.50. The third kappa shape index (κ3) is 5.32. The van der Waals surface area contributed by atoms with Crippen molar-refractivity contribution in [2.24, 2.45) is 17.8 Å². The normalized spacial score (nSPS) is 40.1. The van der Waals surface area contributed by atoms with E-state index in [4.69, 9.17) is 14.2 Å². The van der Waals surface area contributed by atoms with Crippen LogP contribution in [0.3, 0.4) is 0 Å². The van der Waals surface area contributed by atoms with Gasteiger partial charge in [0, 0.05) is 17.9 Å². The highest BCUT2D eigenvalue weighted by molar-refractivity contribution is 6.05. The number of Topliss-reactive ketones (excluding diaryl/α,β-unsaturated/α-hetero) is 1. The maximum atomic E-state index is 13.6. The van der Waals surface area contributed by atoms with E-state index in [1.54, 1.807) is 24.3 Å². The van der Waals surface area contributed by atoms with Crippen LogP contribution in [0.2, 0.25) is 0 Å². The van der Waals surface area contributed by atoms with Crippen molar-refractivity contribution in [3.8, 4) is 0 Å². The summed E-state index contributed by atoms with van der Waals surface area (Å²) in [5, 5.41) is 59.9. The Balaban J connectivity index is 1.65. The molecule has 5 rings (SSSR count). The van der Waals surface area contributed by atoms with Gasteiger partial charge in [-0.1, -0.05) is 75.8 Å². The summed E-state index contributed by atoms with van der Waals surface area (Å²) in [6, 6.07) is 7.94. The monoisotopic (exact) mass is 666 g/mol. The van der Waals surface area contributed by atoms with Crippen LogP contribution >= 0.6 is 0 Å². The maximum absolute atomic E-state index is 13.6. The van der Waals surface area contributed by atoms with E-state index in [0.29, 0.717) is 0 Å². The topological polar surface area (TPSA) is 183 Å². The molecule has 11 atom stereocenters. The number of fused-ring (bicyclic) bond motifs is 5. The Hall–Kier alpha value is -3.45. The number of carbonyl (C=O) groups excluding carboxylic acids is 3. The number of rotatable bonds is 11. The minimum Gasteiger partial charge on any atom is -0.455 e. The summed E-state index contributed by atoms with van der Waals surface area (Å²) >= 11 is 0. The molecule has 0 aromatic heterocycles. The molecule has 0 bridgehead atoms. The predicted molar refractivity (Wildman–Crippen MR) is 173 cm³/mol. The Bertz CT molecular complexity index is 1530. The first kappa shape index (κ1) is 35.8. The van der Waals surface area contributed by atoms with E-state index in [9.17, 15) is 39.9 Å². The van der Waals surface area contributed by atoms with Crippen LogP contribution in [0, 0.1) is 17.8 Å². The zero-order chi connectivity index (χ0) is 35.2. The average Bonchev–Trinajstić information content (AvgIpc) is 3.76. The van der Waals surface area contributed by atoms with Crippen molar-refractivity contribution in [1.82, 2.24) is 0 Å². The number of aliphatic hydroxyl groups excluding tert-OH is 2. The van der Waals surface area contributed by atoms with Gasteiger partial charge in [-0.2, -0.15) is 0 Å². The largest absolute Gasteiger partial charge is 0.455 e. The van der Waals surface area contributed by atoms with Gasteiger partial charge in [0.1, 0.15) is 30.0 Å². The number of benzene rings is 1. The van der Waals surface area contributed by atoms with Crippen LogP contribution in [0.1, 0.15) is 63.7 Å². The van der Waals surface area contributed by atoms with Crippen molar-refractivity contribution < 1.29 is 54.1 Å². The summed E-state index contributed by atoms with van der Waals surface area (Å²) in [5.74, 6) is -7.00. The second-order valence-corrected chi connectivity index (χ2v) is 13.7. The van der Waals surface area contributed by atoms with Crippen LogP contribution in [0.4, 0.5) is 0 Å². The van der Waals surface area contributed by atoms with Gasteiger partial charge in [-0.25, -0.2) is 9.59 Å². The van der Waals surface area contributed by atoms with Crippen molar-refractivity contribution in [3.63, 3.8) is 0 Å². The molecule has 3 aliphatic carbocycles. The van der Waals surface area contributed by atoms with Crippen molar-refractivity contribution in [2.45, 2.75) is 100 Å². The molecule has 1 aliphatic heterocycles. The van der Waals surface area contributed by atoms with E-state index in [2.05, 4.69) is 13.5 Å². The first-order valence-corrected chi connectivity index (χ1v) is 16.5. The molecule has 5 N–H and O–H groups in total. The lowest BCUT2D eigenvalue weighted by molar-refractivity contribution is -0.284. The van der Waals surface area contributed by atoms with Crippen LogP contribution in [0.5, 0.6) is 0 Å². The number of carbonyl (C=O) groups is 3. The quantitative estimate of drug-likeness (QED) is 0.0584. The summed E-state index contributed by atoms with van der Waals surface area (Å²) in [6.45, 7) is 9.53. The molecule has 11 heteroatoms. The smallest absolute Gasteiger partial charge is 0.338 e. The fourth-order valence-corrected chi connectivity index (χ4v) is 8.16. The molecular formula is C37H46O11. The van der Waals surface area contributed by atoms with Gasteiger partial charge in [-0.3, -0.25) is 4.79 Å². The van der Waals surface area contributed by atoms with Gasteiger partial charge in [-0.05, 0) is 50.0 Å². The number of hydrogen-bond acceptors (Lipinski definition) is 11. The zero-order valence-corrected chi connectivity index (χ0v) is 27.7. The molecule has 260 valence electrons. The Kier molecular flexibility index (Phi) is 9.79. The van der Waals surface area contributed by atoms with Gasteiger partial charge < -0.3 is 39.7 Å². The van der Waals surface area contributed by atoms with Crippen LogP contribution in [-0.2, 0) is 23.8 Å². The Labute approximate surface area is 280 Å². The van der Waals surface area contributed by atoms with E-state index < -0.39 is 88.9 Å². The molecule has 2 saturated carbocycles. The molecule has 1 aromatic rings.